The number of rotatable bonds is 3. The summed E-state index contributed by atoms with van der Waals surface area (Å²) < 4.78 is 10.2. The molecule has 3 rings (SSSR count). The normalized spacial score (nSPS) is 19.5. The smallest absolute Gasteiger partial charge is 0.338 e. The van der Waals surface area contributed by atoms with Gasteiger partial charge in [0.2, 0.25) is 5.41 Å². The van der Waals surface area contributed by atoms with Crippen molar-refractivity contribution in [1.82, 2.24) is 0 Å². The molecule has 2 aromatic carbocycles. The maximum absolute atomic E-state index is 12.5. The lowest BCUT2D eigenvalue weighted by molar-refractivity contribution is -0.152. The van der Waals surface area contributed by atoms with Gasteiger partial charge in [-0.05, 0) is 11.6 Å². The van der Waals surface area contributed by atoms with Crippen LogP contribution in [-0.4, -0.2) is 11.9 Å². The molecule has 0 radical (unpaired) electrons. The third-order valence-electron chi connectivity index (χ3n) is 3.50. The number of para-hydroxylation sites is 1. The molecule has 4 nitrogen and oxygen atoms in total. The lowest BCUT2D eigenvalue weighted by Crippen LogP contribution is -2.43. The molecule has 1 unspecified atom stereocenters. The molecule has 0 spiro atoms. The van der Waals surface area contributed by atoms with Crippen molar-refractivity contribution in [2.45, 2.75) is 5.41 Å². The fraction of sp³-hybridized carbons (Fsp3) is 0.0588. The van der Waals surface area contributed by atoms with Crippen molar-refractivity contribution in [3.63, 3.8) is 0 Å². The van der Waals surface area contributed by atoms with Crippen molar-refractivity contribution < 1.29 is 19.1 Å². The van der Waals surface area contributed by atoms with Gasteiger partial charge < -0.3 is 9.47 Å². The molecule has 1 heterocycles. The molecular weight excluding hydrogens is 268 g/mol. The van der Waals surface area contributed by atoms with Crippen LogP contribution in [0.15, 0.2) is 67.4 Å². The van der Waals surface area contributed by atoms with E-state index in [0.29, 0.717) is 16.9 Å². The minimum atomic E-state index is -1.61. The van der Waals surface area contributed by atoms with Crippen LogP contribution < -0.4 is 4.74 Å². The number of hydrogen-bond donors (Lipinski definition) is 0. The number of hydrogen-bond acceptors (Lipinski definition) is 4. The van der Waals surface area contributed by atoms with Crippen LogP contribution in [0.2, 0.25) is 0 Å². The van der Waals surface area contributed by atoms with E-state index in [4.69, 9.17) is 9.47 Å². The highest BCUT2D eigenvalue weighted by Crippen LogP contribution is 2.45. The first-order chi connectivity index (χ1) is 10.2. The topological polar surface area (TPSA) is 52.6 Å². The highest BCUT2D eigenvalue weighted by Gasteiger charge is 2.57. The van der Waals surface area contributed by atoms with Gasteiger partial charge in [-0.25, -0.2) is 9.59 Å². The predicted molar refractivity (Wildman–Crippen MR) is 75.6 cm³/mol. The number of benzene rings is 2. The van der Waals surface area contributed by atoms with Crippen LogP contribution in [0.25, 0.3) is 0 Å². The van der Waals surface area contributed by atoms with Crippen molar-refractivity contribution >= 4 is 11.9 Å². The predicted octanol–water partition coefficient (Wildman–Crippen LogP) is 2.58. The van der Waals surface area contributed by atoms with E-state index < -0.39 is 17.4 Å². The van der Waals surface area contributed by atoms with E-state index in [2.05, 4.69) is 6.58 Å². The highest BCUT2D eigenvalue weighted by atomic mass is 16.6. The van der Waals surface area contributed by atoms with Crippen LogP contribution >= 0.6 is 0 Å². The molecule has 0 aromatic heterocycles. The van der Waals surface area contributed by atoms with Gasteiger partial charge in [-0.3, -0.25) is 0 Å². The van der Waals surface area contributed by atoms with Crippen LogP contribution in [0, 0.1) is 0 Å². The van der Waals surface area contributed by atoms with Gasteiger partial charge in [0.25, 0.3) is 0 Å². The summed E-state index contributed by atoms with van der Waals surface area (Å²) in [6, 6.07) is 15.6. The van der Waals surface area contributed by atoms with Gasteiger partial charge in [0, 0.05) is 5.56 Å². The Labute approximate surface area is 121 Å². The second-order valence-corrected chi connectivity index (χ2v) is 4.57. The highest BCUT2D eigenvalue weighted by molar-refractivity contribution is 6.13. The molecule has 1 aliphatic heterocycles. The van der Waals surface area contributed by atoms with E-state index in [9.17, 15) is 9.59 Å². The standard InChI is InChI=1S/C17H12O4/c1-2-20-15(18)17(12-8-4-3-5-9-12)13-10-6-7-11-14(13)21-16(17)19/h2-11H,1H2. The summed E-state index contributed by atoms with van der Waals surface area (Å²) in [6.45, 7) is 3.38. The van der Waals surface area contributed by atoms with Crippen LogP contribution in [0.5, 0.6) is 5.75 Å². The molecule has 1 aliphatic rings. The molecule has 0 aliphatic carbocycles. The SMILES string of the molecule is C=COC(=O)C1(c2ccccc2)C(=O)Oc2ccccc21. The van der Waals surface area contributed by atoms with Crippen LogP contribution in [-0.2, 0) is 19.7 Å². The van der Waals surface area contributed by atoms with Crippen molar-refractivity contribution in [2.75, 3.05) is 0 Å². The van der Waals surface area contributed by atoms with E-state index in [1.807, 2.05) is 6.07 Å². The Bertz CT molecular complexity index is 721. The molecule has 0 saturated heterocycles. The molecule has 2 aromatic rings. The third kappa shape index (κ3) is 1.76. The van der Waals surface area contributed by atoms with Crippen LogP contribution in [0.4, 0.5) is 0 Å². The fourth-order valence-electron chi connectivity index (χ4n) is 2.59. The van der Waals surface area contributed by atoms with Gasteiger partial charge in [-0.1, -0.05) is 55.1 Å². The summed E-state index contributed by atoms with van der Waals surface area (Å²) in [4.78, 5) is 25.1. The first-order valence-corrected chi connectivity index (χ1v) is 6.40. The van der Waals surface area contributed by atoms with Crippen LogP contribution in [0.1, 0.15) is 11.1 Å². The fourth-order valence-corrected chi connectivity index (χ4v) is 2.59. The molecule has 4 heteroatoms. The van der Waals surface area contributed by atoms with E-state index in [-0.39, 0.29) is 0 Å². The maximum Gasteiger partial charge on any atom is 0.338 e. The Kier molecular flexibility index (Phi) is 3.06. The van der Waals surface area contributed by atoms with Gasteiger partial charge in [0.05, 0.1) is 6.26 Å². The van der Waals surface area contributed by atoms with Gasteiger partial charge in [0.15, 0.2) is 0 Å². The lowest BCUT2D eigenvalue weighted by atomic mass is 9.75. The molecule has 0 bridgehead atoms. The number of fused-ring (bicyclic) bond motifs is 1. The quantitative estimate of drug-likeness (QED) is 0.375. The molecule has 0 saturated carbocycles. The van der Waals surface area contributed by atoms with Crippen LogP contribution in [0.3, 0.4) is 0 Å². The zero-order chi connectivity index (χ0) is 14.9. The number of carbonyl (C=O) groups is 2. The maximum atomic E-state index is 12.5. The van der Waals surface area contributed by atoms with Crippen molar-refractivity contribution in [1.29, 1.82) is 0 Å². The minimum Gasteiger partial charge on any atom is -0.434 e. The number of ether oxygens (including phenoxy) is 2. The minimum absolute atomic E-state index is 0.368. The summed E-state index contributed by atoms with van der Waals surface area (Å²) in [5, 5.41) is 0. The molecule has 104 valence electrons. The summed E-state index contributed by atoms with van der Waals surface area (Å²) in [5.41, 5.74) is -0.619. The van der Waals surface area contributed by atoms with Crippen molar-refractivity contribution in [3.05, 3.63) is 78.6 Å². The Balaban J connectivity index is 2.30. The van der Waals surface area contributed by atoms with Crippen molar-refractivity contribution in [2.24, 2.45) is 0 Å². The monoisotopic (exact) mass is 280 g/mol. The Morgan fingerprint density at radius 3 is 2.48 bits per heavy atom. The average molecular weight is 280 g/mol. The molecule has 21 heavy (non-hydrogen) atoms. The van der Waals surface area contributed by atoms with Gasteiger partial charge in [-0.15, -0.1) is 0 Å². The second kappa shape index (κ2) is 4.90. The zero-order valence-electron chi connectivity index (χ0n) is 11.1. The molecule has 1 atom stereocenters. The van der Waals surface area contributed by atoms with E-state index in [0.717, 1.165) is 6.26 Å². The number of carbonyl (C=O) groups excluding carboxylic acids is 2. The zero-order valence-corrected chi connectivity index (χ0v) is 11.1. The lowest BCUT2D eigenvalue weighted by Gasteiger charge is -2.23. The van der Waals surface area contributed by atoms with Crippen molar-refractivity contribution in [3.8, 4) is 5.75 Å². The van der Waals surface area contributed by atoms with E-state index in [1.54, 1.807) is 48.5 Å². The first kappa shape index (κ1) is 13.1. The first-order valence-electron chi connectivity index (χ1n) is 6.40. The molecule has 0 fully saturated rings. The van der Waals surface area contributed by atoms with Gasteiger partial charge >= 0.3 is 11.9 Å². The van der Waals surface area contributed by atoms with Gasteiger partial charge in [-0.2, -0.15) is 0 Å². The Morgan fingerprint density at radius 2 is 1.76 bits per heavy atom. The molecule has 0 N–H and O–H groups in total. The third-order valence-corrected chi connectivity index (χ3v) is 3.50. The molecular formula is C17H12O4. The van der Waals surface area contributed by atoms with Gasteiger partial charge in [0.1, 0.15) is 5.75 Å². The Morgan fingerprint density at radius 1 is 1.10 bits per heavy atom. The summed E-state index contributed by atoms with van der Waals surface area (Å²) in [7, 11) is 0. The number of esters is 2. The average Bonchev–Trinajstić information content (AvgIpc) is 2.81. The van der Waals surface area contributed by atoms with E-state index >= 15 is 0 Å². The second-order valence-electron chi connectivity index (χ2n) is 4.57. The largest absolute Gasteiger partial charge is 0.434 e. The summed E-state index contributed by atoms with van der Waals surface area (Å²) >= 11 is 0. The summed E-state index contributed by atoms with van der Waals surface area (Å²) in [6.07, 6.45) is 1.02. The van der Waals surface area contributed by atoms with E-state index in [1.165, 1.54) is 0 Å². The molecule has 0 amide bonds. The Hall–Kier alpha value is -2.88. The summed E-state index contributed by atoms with van der Waals surface area (Å²) in [5.74, 6) is -1.02.